The number of nitrogens with zero attached hydrogens (tertiary/aromatic N) is 1. The van der Waals surface area contributed by atoms with Crippen LogP contribution in [0.4, 0.5) is 4.79 Å². The van der Waals surface area contributed by atoms with Crippen LogP contribution in [-0.2, 0) is 16.2 Å². The van der Waals surface area contributed by atoms with E-state index >= 15 is 0 Å². The van der Waals surface area contributed by atoms with Crippen LogP contribution in [0, 0.1) is 0 Å². The van der Waals surface area contributed by atoms with Gasteiger partial charge in [-0.2, -0.15) is 0 Å². The van der Waals surface area contributed by atoms with Gasteiger partial charge in [0, 0.05) is 10.5 Å². The third-order valence-electron chi connectivity index (χ3n) is 6.11. The Kier molecular flexibility index (Phi) is 8.59. The number of nitrogens with one attached hydrogen (secondary N) is 1. The quantitative estimate of drug-likeness (QED) is 0.291. The lowest BCUT2D eigenvalue weighted by Crippen LogP contribution is -2.58. The van der Waals surface area contributed by atoms with E-state index in [0.717, 1.165) is 37.7 Å². The Bertz CT molecular complexity index is 1230. The molecule has 1 saturated heterocycles. The standard InChI is InChI=1S/C26H25BrCl2N2O5/c1-2-35-22-12-16(19(27)13-23(22)36-14-15-8-9-20(28)21(29)10-15)11-18-24(32)30-26(34)31(25(18)33)17-6-4-3-5-7-17/h8-13,17H,2-7,14H2,1H3,(H,30,32,34). The van der Waals surface area contributed by atoms with Gasteiger partial charge in [0.2, 0.25) is 0 Å². The van der Waals surface area contributed by atoms with Crippen molar-refractivity contribution in [3.05, 3.63) is 61.5 Å². The molecule has 0 radical (unpaired) electrons. The summed E-state index contributed by atoms with van der Waals surface area (Å²) in [5, 5.41) is 3.20. The molecule has 0 spiro atoms. The molecule has 1 aliphatic carbocycles. The number of hydrogen-bond donors (Lipinski definition) is 1. The van der Waals surface area contributed by atoms with Crippen molar-refractivity contribution in [2.24, 2.45) is 0 Å². The molecule has 2 aromatic carbocycles. The van der Waals surface area contributed by atoms with Gasteiger partial charge >= 0.3 is 6.03 Å². The van der Waals surface area contributed by atoms with Crippen molar-refractivity contribution < 1.29 is 23.9 Å². The molecule has 10 heteroatoms. The van der Waals surface area contributed by atoms with Crippen molar-refractivity contribution in [1.29, 1.82) is 0 Å². The molecule has 2 aromatic rings. The van der Waals surface area contributed by atoms with E-state index in [1.165, 1.54) is 11.0 Å². The van der Waals surface area contributed by atoms with Gasteiger partial charge in [-0.25, -0.2) is 4.79 Å². The normalized spacial score (nSPS) is 17.9. The van der Waals surface area contributed by atoms with E-state index in [1.54, 1.807) is 24.3 Å². The second kappa shape index (κ2) is 11.7. The Hall–Kier alpha value is -2.55. The number of carbonyl (C=O) groups is 3. The van der Waals surface area contributed by atoms with Crippen LogP contribution in [0.15, 0.2) is 40.4 Å². The first kappa shape index (κ1) is 26.5. The molecule has 0 bridgehead atoms. The second-order valence-electron chi connectivity index (χ2n) is 8.57. The summed E-state index contributed by atoms with van der Waals surface area (Å²) in [5.74, 6) is -0.394. The van der Waals surface area contributed by atoms with Crippen molar-refractivity contribution in [1.82, 2.24) is 10.2 Å². The zero-order valence-electron chi connectivity index (χ0n) is 19.6. The highest BCUT2D eigenvalue weighted by molar-refractivity contribution is 9.10. The van der Waals surface area contributed by atoms with E-state index < -0.39 is 17.8 Å². The fourth-order valence-corrected chi connectivity index (χ4v) is 5.09. The molecular formula is C26H25BrCl2N2O5. The highest BCUT2D eigenvalue weighted by Gasteiger charge is 2.40. The molecule has 0 aromatic heterocycles. The number of hydrogen-bond acceptors (Lipinski definition) is 5. The average molecular weight is 596 g/mol. The minimum Gasteiger partial charge on any atom is -0.490 e. The molecular weight excluding hydrogens is 571 g/mol. The zero-order chi connectivity index (χ0) is 25.8. The molecule has 2 aliphatic rings. The van der Waals surface area contributed by atoms with Gasteiger partial charge < -0.3 is 9.47 Å². The van der Waals surface area contributed by atoms with Gasteiger partial charge in [0.05, 0.1) is 16.7 Å². The van der Waals surface area contributed by atoms with Gasteiger partial charge in [0.1, 0.15) is 12.2 Å². The van der Waals surface area contributed by atoms with Crippen LogP contribution in [0.1, 0.15) is 50.2 Å². The minimum atomic E-state index is -0.720. The molecule has 36 heavy (non-hydrogen) atoms. The number of carbonyl (C=O) groups excluding carboxylic acids is 3. The first-order valence-corrected chi connectivity index (χ1v) is 13.3. The molecule has 0 atom stereocenters. The van der Waals surface area contributed by atoms with Gasteiger partial charge in [0.25, 0.3) is 11.8 Å². The molecule has 7 nitrogen and oxygen atoms in total. The molecule has 4 amide bonds. The topological polar surface area (TPSA) is 84.9 Å². The van der Waals surface area contributed by atoms with E-state index in [1.807, 2.05) is 13.0 Å². The summed E-state index contributed by atoms with van der Waals surface area (Å²) in [6.07, 6.45) is 5.92. The average Bonchev–Trinajstić information content (AvgIpc) is 2.85. The second-order valence-corrected chi connectivity index (χ2v) is 10.2. The van der Waals surface area contributed by atoms with E-state index in [-0.39, 0.29) is 18.2 Å². The highest BCUT2D eigenvalue weighted by atomic mass is 79.9. The summed E-state index contributed by atoms with van der Waals surface area (Å²) < 4.78 is 12.3. The molecule has 1 N–H and O–H groups in total. The molecule has 2 fully saturated rings. The zero-order valence-corrected chi connectivity index (χ0v) is 22.7. The van der Waals surface area contributed by atoms with Gasteiger partial charge in [-0.1, -0.05) is 64.5 Å². The van der Waals surface area contributed by atoms with Gasteiger partial charge in [-0.05, 0) is 61.2 Å². The third-order valence-corrected chi connectivity index (χ3v) is 7.54. The van der Waals surface area contributed by atoms with Crippen molar-refractivity contribution in [3.63, 3.8) is 0 Å². The van der Waals surface area contributed by atoms with Crippen molar-refractivity contribution in [2.45, 2.75) is 51.7 Å². The smallest absolute Gasteiger partial charge is 0.331 e. The lowest BCUT2D eigenvalue weighted by atomic mass is 9.93. The Morgan fingerprint density at radius 3 is 2.44 bits per heavy atom. The summed E-state index contributed by atoms with van der Waals surface area (Å²) >= 11 is 15.6. The predicted molar refractivity (Wildman–Crippen MR) is 141 cm³/mol. The summed E-state index contributed by atoms with van der Waals surface area (Å²) in [6, 6.07) is 7.78. The summed E-state index contributed by atoms with van der Waals surface area (Å²) in [6.45, 7) is 2.45. The maximum atomic E-state index is 13.2. The van der Waals surface area contributed by atoms with E-state index in [4.69, 9.17) is 32.7 Å². The lowest BCUT2D eigenvalue weighted by molar-refractivity contribution is -0.132. The minimum absolute atomic E-state index is 0.104. The number of urea groups is 1. The largest absolute Gasteiger partial charge is 0.490 e. The summed E-state index contributed by atoms with van der Waals surface area (Å²) in [7, 11) is 0. The number of amides is 4. The SMILES string of the molecule is CCOc1cc(C=C2C(=O)NC(=O)N(C3CCCCC3)C2=O)c(Br)cc1OCc1ccc(Cl)c(Cl)c1. The third kappa shape index (κ3) is 5.88. The first-order chi connectivity index (χ1) is 17.3. The van der Waals surface area contributed by atoms with E-state index in [9.17, 15) is 14.4 Å². The molecule has 1 saturated carbocycles. The number of halogens is 3. The Morgan fingerprint density at radius 2 is 1.75 bits per heavy atom. The maximum Gasteiger partial charge on any atom is 0.331 e. The summed E-state index contributed by atoms with van der Waals surface area (Å²) in [4.78, 5) is 39.5. The number of benzene rings is 2. The number of rotatable bonds is 7. The Balaban J connectivity index is 1.61. The number of barbiturate groups is 1. The maximum absolute atomic E-state index is 13.2. The first-order valence-electron chi connectivity index (χ1n) is 11.7. The van der Waals surface area contributed by atoms with Crippen molar-refractivity contribution in [3.8, 4) is 11.5 Å². The number of ether oxygens (including phenoxy) is 2. The van der Waals surface area contributed by atoms with Crippen LogP contribution >= 0.6 is 39.1 Å². The highest BCUT2D eigenvalue weighted by Crippen LogP contribution is 2.36. The molecule has 1 aliphatic heterocycles. The van der Waals surface area contributed by atoms with Gasteiger partial charge in [0.15, 0.2) is 11.5 Å². The fraction of sp³-hybridized carbons (Fsp3) is 0.346. The van der Waals surface area contributed by atoms with E-state index in [2.05, 4.69) is 21.2 Å². The van der Waals surface area contributed by atoms with Crippen molar-refractivity contribution >= 4 is 63.1 Å². The monoisotopic (exact) mass is 594 g/mol. The number of imide groups is 2. The Morgan fingerprint density at radius 1 is 1.03 bits per heavy atom. The van der Waals surface area contributed by atoms with Crippen LogP contribution in [0.3, 0.4) is 0 Å². The van der Waals surface area contributed by atoms with Crippen molar-refractivity contribution in [2.75, 3.05) is 6.61 Å². The molecule has 190 valence electrons. The van der Waals surface area contributed by atoms with Gasteiger partial charge in [-0.15, -0.1) is 0 Å². The van der Waals surface area contributed by atoms with E-state index in [0.29, 0.717) is 38.2 Å². The van der Waals surface area contributed by atoms with Crippen LogP contribution in [0.5, 0.6) is 11.5 Å². The lowest BCUT2D eigenvalue weighted by Gasteiger charge is -2.35. The van der Waals surface area contributed by atoms with Gasteiger partial charge in [-0.3, -0.25) is 19.8 Å². The molecule has 0 unspecified atom stereocenters. The van der Waals surface area contributed by atoms with Crippen LogP contribution in [-0.4, -0.2) is 35.4 Å². The Labute approximate surface area is 227 Å². The molecule has 1 heterocycles. The van der Waals surface area contributed by atoms with Crippen LogP contribution in [0.2, 0.25) is 10.0 Å². The molecule has 4 rings (SSSR count). The predicted octanol–water partition coefficient (Wildman–Crippen LogP) is 6.53. The van der Waals surface area contributed by atoms with Crippen LogP contribution in [0.25, 0.3) is 6.08 Å². The fourth-order valence-electron chi connectivity index (χ4n) is 4.33. The summed E-state index contributed by atoms with van der Waals surface area (Å²) in [5.41, 5.74) is 1.26. The van der Waals surface area contributed by atoms with Crippen LogP contribution < -0.4 is 14.8 Å².